The van der Waals surface area contributed by atoms with Crippen LogP contribution < -0.4 is 9.64 Å². The van der Waals surface area contributed by atoms with Crippen molar-refractivity contribution in [2.24, 2.45) is 0 Å². The molecule has 6 heteroatoms. The first-order valence-electron chi connectivity index (χ1n) is 3.49. The van der Waals surface area contributed by atoms with Crippen LogP contribution in [-0.2, 0) is 0 Å². The van der Waals surface area contributed by atoms with Gasteiger partial charge in [0.2, 0.25) is 5.95 Å². The summed E-state index contributed by atoms with van der Waals surface area (Å²) in [6.07, 6.45) is 1.23. The van der Waals surface area contributed by atoms with Crippen molar-refractivity contribution in [1.29, 1.82) is 0 Å². The minimum atomic E-state index is -1.37. The summed E-state index contributed by atoms with van der Waals surface area (Å²) in [5, 5.41) is 8.26. The molecule has 1 aromatic rings. The Bertz CT molecular complexity index is 296. The summed E-state index contributed by atoms with van der Waals surface area (Å²) in [4.78, 5) is 19.5. The van der Waals surface area contributed by atoms with E-state index in [-0.39, 0.29) is 5.75 Å². The van der Waals surface area contributed by atoms with E-state index in [0.717, 1.165) is 0 Å². The maximum absolute atomic E-state index is 10.1. The summed E-state index contributed by atoms with van der Waals surface area (Å²) in [5.74, 6) is 0.607. The van der Waals surface area contributed by atoms with Crippen LogP contribution in [0, 0.1) is 0 Å². The molecule has 1 rings (SSSR count). The molecular weight excluding hydrogens is 174 g/mol. The van der Waals surface area contributed by atoms with Crippen molar-refractivity contribution in [1.82, 2.24) is 9.97 Å². The summed E-state index contributed by atoms with van der Waals surface area (Å²) in [6.45, 7) is 0. The molecule has 0 atom stereocenters. The molecule has 70 valence electrons. The fourth-order valence-corrected chi connectivity index (χ4v) is 0.694. The van der Waals surface area contributed by atoms with E-state index in [9.17, 15) is 4.79 Å². The molecule has 0 radical (unpaired) electrons. The Morgan fingerprint density at radius 1 is 1.46 bits per heavy atom. The van der Waals surface area contributed by atoms with Crippen molar-refractivity contribution in [2.75, 3.05) is 19.0 Å². The van der Waals surface area contributed by atoms with Gasteiger partial charge in [0, 0.05) is 14.1 Å². The first-order valence-corrected chi connectivity index (χ1v) is 3.49. The van der Waals surface area contributed by atoms with Crippen molar-refractivity contribution in [2.45, 2.75) is 0 Å². The lowest BCUT2D eigenvalue weighted by atomic mass is 10.6. The van der Waals surface area contributed by atoms with Crippen LogP contribution in [0.1, 0.15) is 0 Å². The van der Waals surface area contributed by atoms with E-state index in [1.165, 1.54) is 12.4 Å². The van der Waals surface area contributed by atoms with E-state index in [2.05, 4.69) is 14.7 Å². The first kappa shape index (κ1) is 9.24. The predicted octanol–water partition coefficient (Wildman–Crippen LogP) is 0.599. The van der Waals surface area contributed by atoms with E-state index in [1.54, 1.807) is 19.0 Å². The molecule has 0 amide bonds. The number of hydrogen-bond acceptors (Lipinski definition) is 5. The van der Waals surface area contributed by atoms with Gasteiger partial charge in [-0.25, -0.2) is 14.8 Å². The number of rotatable bonds is 2. The lowest BCUT2D eigenvalue weighted by molar-refractivity contribution is 0.144. The summed E-state index contributed by atoms with van der Waals surface area (Å²) < 4.78 is 4.32. The lowest BCUT2D eigenvalue weighted by Crippen LogP contribution is -2.12. The van der Waals surface area contributed by atoms with Gasteiger partial charge in [-0.15, -0.1) is 0 Å². The summed E-state index contributed by atoms with van der Waals surface area (Å²) in [5.41, 5.74) is 0. The molecule has 1 heterocycles. The van der Waals surface area contributed by atoms with Gasteiger partial charge in [0.25, 0.3) is 0 Å². The summed E-state index contributed by atoms with van der Waals surface area (Å²) >= 11 is 0. The topological polar surface area (TPSA) is 75.6 Å². The van der Waals surface area contributed by atoms with Crippen LogP contribution >= 0.6 is 0 Å². The minimum absolute atomic E-state index is 0.109. The molecule has 6 nitrogen and oxygen atoms in total. The number of carbonyl (C=O) groups is 1. The van der Waals surface area contributed by atoms with Crippen molar-refractivity contribution < 1.29 is 14.6 Å². The smallest absolute Gasteiger partial charge is 0.449 e. The van der Waals surface area contributed by atoms with E-state index < -0.39 is 6.16 Å². The summed E-state index contributed by atoms with van der Waals surface area (Å²) in [6, 6.07) is 0. The Kier molecular flexibility index (Phi) is 2.63. The second kappa shape index (κ2) is 3.70. The maximum Gasteiger partial charge on any atom is 0.511 e. The number of anilines is 1. The van der Waals surface area contributed by atoms with Crippen LogP contribution in [0.4, 0.5) is 10.7 Å². The normalized spacial score (nSPS) is 9.38. The predicted molar refractivity (Wildman–Crippen MR) is 45.0 cm³/mol. The molecule has 1 N–H and O–H groups in total. The number of nitrogens with zero attached hydrogens (tertiary/aromatic N) is 3. The van der Waals surface area contributed by atoms with Crippen molar-refractivity contribution in [3.8, 4) is 5.75 Å². The molecule has 13 heavy (non-hydrogen) atoms. The van der Waals surface area contributed by atoms with Crippen molar-refractivity contribution >= 4 is 12.1 Å². The van der Waals surface area contributed by atoms with E-state index in [0.29, 0.717) is 5.95 Å². The van der Waals surface area contributed by atoms with Gasteiger partial charge in [0.15, 0.2) is 5.75 Å². The Hall–Kier alpha value is -1.85. The molecule has 0 spiro atoms. The van der Waals surface area contributed by atoms with Gasteiger partial charge >= 0.3 is 6.16 Å². The number of carboxylic acid groups (broad SMARTS) is 1. The van der Waals surface area contributed by atoms with Gasteiger partial charge in [-0.2, -0.15) is 0 Å². The van der Waals surface area contributed by atoms with E-state index >= 15 is 0 Å². The van der Waals surface area contributed by atoms with Crippen LogP contribution in [0.2, 0.25) is 0 Å². The number of hydrogen-bond donors (Lipinski definition) is 1. The molecule has 0 aliphatic carbocycles. The zero-order valence-electron chi connectivity index (χ0n) is 7.26. The Morgan fingerprint density at radius 3 is 2.38 bits per heavy atom. The third kappa shape index (κ3) is 2.58. The minimum Gasteiger partial charge on any atom is -0.449 e. The molecule has 0 aliphatic heterocycles. The highest BCUT2D eigenvalue weighted by molar-refractivity contribution is 5.60. The standard InChI is InChI=1S/C7H9N3O3/c1-10(2)6-8-3-5(4-9-6)13-7(11)12/h3-4H,1-2H3,(H,11,12). The molecule has 0 aliphatic rings. The van der Waals surface area contributed by atoms with Crippen LogP contribution in [0.3, 0.4) is 0 Å². The Morgan fingerprint density at radius 2 is 2.00 bits per heavy atom. The Labute approximate surface area is 74.8 Å². The third-order valence-electron chi connectivity index (χ3n) is 1.22. The van der Waals surface area contributed by atoms with Crippen LogP contribution in [0.5, 0.6) is 5.75 Å². The van der Waals surface area contributed by atoms with Crippen LogP contribution in [0.25, 0.3) is 0 Å². The van der Waals surface area contributed by atoms with Gasteiger partial charge in [-0.1, -0.05) is 0 Å². The Balaban J connectivity index is 2.75. The van der Waals surface area contributed by atoms with E-state index in [1.807, 2.05) is 0 Å². The second-order valence-electron chi connectivity index (χ2n) is 2.48. The van der Waals surface area contributed by atoms with Gasteiger partial charge < -0.3 is 14.7 Å². The molecule has 0 saturated carbocycles. The fraction of sp³-hybridized carbons (Fsp3) is 0.286. The highest BCUT2D eigenvalue weighted by atomic mass is 16.7. The van der Waals surface area contributed by atoms with Crippen molar-refractivity contribution in [3.63, 3.8) is 0 Å². The van der Waals surface area contributed by atoms with Gasteiger partial charge in [-0.3, -0.25) is 0 Å². The fourth-order valence-electron chi connectivity index (χ4n) is 0.694. The average molecular weight is 183 g/mol. The second-order valence-corrected chi connectivity index (χ2v) is 2.48. The van der Waals surface area contributed by atoms with Crippen molar-refractivity contribution in [3.05, 3.63) is 12.4 Å². The molecule has 0 bridgehead atoms. The van der Waals surface area contributed by atoms with Crippen LogP contribution in [0.15, 0.2) is 12.4 Å². The molecule has 0 fully saturated rings. The zero-order chi connectivity index (χ0) is 9.84. The summed E-state index contributed by atoms with van der Waals surface area (Å²) in [7, 11) is 3.57. The molecule has 0 unspecified atom stereocenters. The average Bonchev–Trinajstić information content (AvgIpc) is 2.04. The van der Waals surface area contributed by atoms with Crippen LogP contribution in [-0.4, -0.2) is 35.3 Å². The molecule has 0 saturated heterocycles. The van der Waals surface area contributed by atoms with Gasteiger partial charge in [-0.05, 0) is 0 Å². The monoisotopic (exact) mass is 183 g/mol. The van der Waals surface area contributed by atoms with Gasteiger partial charge in [0.1, 0.15) is 0 Å². The van der Waals surface area contributed by atoms with E-state index in [4.69, 9.17) is 5.11 Å². The zero-order valence-corrected chi connectivity index (χ0v) is 7.26. The quantitative estimate of drug-likeness (QED) is 0.676. The number of ether oxygens (including phenoxy) is 1. The highest BCUT2D eigenvalue weighted by Gasteiger charge is 2.03. The highest BCUT2D eigenvalue weighted by Crippen LogP contribution is 2.09. The largest absolute Gasteiger partial charge is 0.511 e. The maximum atomic E-state index is 10.1. The lowest BCUT2D eigenvalue weighted by Gasteiger charge is -2.08. The molecular formula is C7H9N3O3. The first-order chi connectivity index (χ1) is 6.09. The van der Waals surface area contributed by atoms with Gasteiger partial charge in [0.05, 0.1) is 12.4 Å². The SMILES string of the molecule is CN(C)c1ncc(OC(=O)O)cn1. The molecule has 1 aromatic heterocycles. The molecule has 0 aromatic carbocycles. The third-order valence-corrected chi connectivity index (χ3v) is 1.22. The number of aromatic nitrogens is 2.